The predicted octanol–water partition coefficient (Wildman–Crippen LogP) is 4.32. The van der Waals surface area contributed by atoms with Gasteiger partial charge in [0.2, 0.25) is 5.91 Å². The molecule has 0 aromatic heterocycles. The Labute approximate surface area is 201 Å². The van der Waals surface area contributed by atoms with E-state index in [0.717, 1.165) is 25.7 Å². The maximum atomic E-state index is 13.2. The second-order valence-electron chi connectivity index (χ2n) is 12.1. The Morgan fingerprint density at radius 3 is 2.42 bits per heavy atom. The molecule has 33 heavy (non-hydrogen) atoms. The van der Waals surface area contributed by atoms with Gasteiger partial charge in [0, 0.05) is 12.8 Å². The van der Waals surface area contributed by atoms with Crippen LogP contribution in [0.25, 0.3) is 0 Å². The first-order valence-corrected chi connectivity index (χ1v) is 13.2. The Morgan fingerprint density at radius 1 is 1.15 bits per heavy atom. The zero-order valence-electron chi connectivity index (χ0n) is 21.9. The molecule has 7 atom stereocenters. The Bertz CT molecular complexity index is 711. The summed E-state index contributed by atoms with van der Waals surface area (Å²) in [5.74, 6) is 0.162. The van der Waals surface area contributed by atoms with Crippen LogP contribution < -0.4 is 5.32 Å². The highest BCUT2D eigenvalue weighted by atomic mass is 16.7. The summed E-state index contributed by atoms with van der Waals surface area (Å²) in [6.45, 7) is 14.8. The molecule has 2 bridgehead atoms. The average molecular weight is 463 g/mol. The molecule has 188 valence electrons. The summed E-state index contributed by atoms with van der Waals surface area (Å²) in [5, 5.41) is 13.4. The largest absolute Gasteiger partial charge is 0.481 e. The van der Waals surface area contributed by atoms with Crippen LogP contribution in [0, 0.1) is 29.1 Å². The molecule has 6 nitrogen and oxygen atoms in total. The zero-order valence-corrected chi connectivity index (χ0v) is 21.9. The van der Waals surface area contributed by atoms with Crippen LogP contribution in [0.15, 0.2) is 0 Å². The van der Waals surface area contributed by atoms with Crippen molar-refractivity contribution in [2.45, 2.75) is 124 Å². The van der Waals surface area contributed by atoms with E-state index < -0.39 is 19.1 Å². The summed E-state index contributed by atoms with van der Waals surface area (Å²) < 4.78 is 13.1. The molecule has 0 unspecified atom stereocenters. The van der Waals surface area contributed by atoms with Gasteiger partial charge in [-0.2, -0.15) is 0 Å². The van der Waals surface area contributed by atoms with Gasteiger partial charge >= 0.3 is 7.12 Å². The third-order valence-corrected chi connectivity index (χ3v) is 8.78. The number of aliphatic hydroxyl groups excluding tert-OH is 1. The molecule has 2 N–H and O–H groups in total. The summed E-state index contributed by atoms with van der Waals surface area (Å²) in [4.78, 5) is 25.7. The Morgan fingerprint density at radius 2 is 1.85 bits per heavy atom. The van der Waals surface area contributed by atoms with Gasteiger partial charge in [-0.15, -0.1) is 0 Å². The molecular weight excluding hydrogens is 417 g/mol. The maximum absolute atomic E-state index is 13.2. The summed E-state index contributed by atoms with van der Waals surface area (Å²) in [5.41, 5.74) is -0.0718. The summed E-state index contributed by atoms with van der Waals surface area (Å²) in [6.07, 6.45) is 5.49. The van der Waals surface area contributed by atoms with Crippen molar-refractivity contribution in [2.24, 2.45) is 29.1 Å². The van der Waals surface area contributed by atoms with Gasteiger partial charge in [-0.1, -0.05) is 47.5 Å². The standard InChI is InChI=1S/C26H46BNO5/c1-8-9-10-11-19(30)15-20(17(4)29)24(31)28-23(12-16(2)3)27-32-22-14-18-13-21(25(18,5)6)26(22,7)33-27/h16-18,20-23,29H,8-15H2,1-7H3,(H,28,31)/t17-,18+,20+,21+,22-,23+,26+/m1/s1. The Hall–Kier alpha value is -0.915. The van der Waals surface area contributed by atoms with E-state index in [1.54, 1.807) is 6.92 Å². The van der Waals surface area contributed by atoms with E-state index in [2.05, 4.69) is 46.9 Å². The van der Waals surface area contributed by atoms with Gasteiger partial charge in [-0.05, 0) is 62.7 Å². The number of nitrogens with one attached hydrogen (secondary N) is 1. The summed E-state index contributed by atoms with van der Waals surface area (Å²) in [7, 11) is -0.503. The van der Waals surface area contributed by atoms with Crippen LogP contribution in [0.5, 0.6) is 0 Å². The second kappa shape index (κ2) is 10.4. The first kappa shape index (κ1) is 26.7. The second-order valence-corrected chi connectivity index (χ2v) is 12.1. The molecule has 4 rings (SSSR count). The van der Waals surface area contributed by atoms with Crippen LogP contribution in [-0.2, 0) is 18.9 Å². The molecule has 1 aliphatic heterocycles. The topological polar surface area (TPSA) is 84.9 Å². The number of rotatable bonds is 12. The van der Waals surface area contributed by atoms with E-state index in [1.165, 1.54) is 6.42 Å². The number of carbonyl (C=O) groups is 2. The van der Waals surface area contributed by atoms with E-state index in [0.29, 0.717) is 30.6 Å². The van der Waals surface area contributed by atoms with Crippen molar-refractivity contribution in [3.63, 3.8) is 0 Å². The third-order valence-electron chi connectivity index (χ3n) is 8.78. The minimum absolute atomic E-state index is 0.0406. The first-order valence-electron chi connectivity index (χ1n) is 13.2. The van der Waals surface area contributed by atoms with Crippen LogP contribution in [0.2, 0.25) is 0 Å². The molecule has 0 aromatic carbocycles. The number of unbranched alkanes of at least 4 members (excludes halogenated alkanes) is 2. The van der Waals surface area contributed by atoms with Gasteiger partial charge < -0.3 is 19.7 Å². The van der Waals surface area contributed by atoms with E-state index in [9.17, 15) is 14.7 Å². The SMILES string of the molecule is CCCCCC(=O)C[C@H](C(=O)N[C@@H](CC(C)C)B1O[C@@H]2C[C@@H]3C[C@@H](C3(C)C)[C@]2(C)O1)[C@@H](C)O. The van der Waals surface area contributed by atoms with Gasteiger partial charge in [-0.3, -0.25) is 9.59 Å². The van der Waals surface area contributed by atoms with Crippen molar-refractivity contribution in [2.75, 3.05) is 0 Å². The van der Waals surface area contributed by atoms with Crippen molar-refractivity contribution in [1.82, 2.24) is 5.32 Å². The minimum Gasteiger partial charge on any atom is -0.404 e. The molecule has 7 heteroatoms. The molecule has 3 saturated carbocycles. The molecule has 1 heterocycles. The molecular formula is C26H46BNO5. The lowest BCUT2D eigenvalue weighted by Crippen LogP contribution is -2.65. The Balaban J connectivity index is 1.67. The highest BCUT2D eigenvalue weighted by Gasteiger charge is 2.68. The summed E-state index contributed by atoms with van der Waals surface area (Å²) in [6, 6.07) is 0. The first-order chi connectivity index (χ1) is 15.4. The van der Waals surface area contributed by atoms with Crippen LogP contribution in [0.3, 0.4) is 0 Å². The fourth-order valence-electron chi connectivity index (χ4n) is 6.51. The summed E-state index contributed by atoms with van der Waals surface area (Å²) >= 11 is 0. The molecule has 4 aliphatic rings. The number of ketones is 1. The third kappa shape index (κ3) is 5.51. The van der Waals surface area contributed by atoms with Crippen LogP contribution in [0.1, 0.15) is 99.8 Å². The van der Waals surface area contributed by atoms with Gasteiger partial charge in [0.05, 0.1) is 29.7 Å². The van der Waals surface area contributed by atoms with Crippen molar-refractivity contribution < 1.29 is 24.0 Å². The normalized spacial score (nSPS) is 32.6. The molecule has 1 saturated heterocycles. The highest BCUT2D eigenvalue weighted by Crippen LogP contribution is 2.65. The number of amides is 1. The molecule has 1 amide bonds. The fourth-order valence-corrected chi connectivity index (χ4v) is 6.51. The minimum atomic E-state index is -0.890. The molecule has 4 fully saturated rings. The fraction of sp³-hybridized carbons (Fsp3) is 0.923. The lowest BCUT2D eigenvalue weighted by molar-refractivity contribution is -0.199. The van der Waals surface area contributed by atoms with Crippen molar-refractivity contribution >= 4 is 18.8 Å². The van der Waals surface area contributed by atoms with E-state index >= 15 is 0 Å². The Kier molecular flexibility index (Phi) is 8.39. The lowest BCUT2D eigenvalue weighted by atomic mass is 9.43. The number of carbonyl (C=O) groups excluding carboxylic acids is 2. The zero-order chi connectivity index (χ0) is 24.6. The molecule has 0 spiro atoms. The van der Waals surface area contributed by atoms with Crippen molar-refractivity contribution in [3.8, 4) is 0 Å². The molecule has 0 aromatic rings. The quantitative estimate of drug-likeness (QED) is 0.333. The average Bonchev–Trinajstić information content (AvgIpc) is 3.08. The predicted molar refractivity (Wildman–Crippen MR) is 130 cm³/mol. The number of aliphatic hydroxyl groups is 1. The van der Waals surface area contributed by atoms with Gasteiger partial charge in [-0.25, -0.2) is 0 Å². The van der Waals surface area contributed by atoms with Gasteiger partial charge in [0.25, 0.3) is 0 Å². The van der Waals surface area contributed by atoms with E-state index in [-0.39, 0.29) is 41.2 Å². The van der Waals surface area contributed by atoms with E-state index in [1.807, 2.05) is 0 Å². The van der Waals surface area contributed by atoms with Gasteiger partial charge in [0.15, 0.2) is 0 Å². The smallest absolute Gasteiger partial charge is 0.404 e. The number of hydrogen-bond acceptors (Lipinski definition) is 5. The van der Waals surface area contributed by atoms with Crippen molar-refractivity contribution in [1.29, 1.82) is 0 Å². The number of Topliss-reactive ketones (excluding diaryl/α,β-unsaturated/α-hetero) is 1. The van der Waals surface area contributed by atoms with Crippen molar-refractivity contribution in [3.05, 3.63) is 0 Å². The number of hydrogen-bond donors (Lipinski definition) is 2. The molecule has 3 aliphatic carbocycles. The van der Waals surface area contributed by atoms with Crippen LogP contribution in [0.4, 0.5) is 0 Å². The monoisotopic (exact) mass is 463 g/mol. The van der Waals surface area contributed by atoms with Crippen LogP contribution in [-0.4, -0.2) is 47.7 Å². The lowest BCUT2D eigenvalue weighted by Gasteiger charge is -2.64. The maximum Gasteiger partial charge on any atom is 0.481 e. The highest BCUT2D eigenvalue weighted by molar-refractivity contribution is 6.47. The van der Waals surface area contributed by atoms with Crippen LogP contribution >= 0.6 is 0 Å². The molecule has 0 radical (unpaired) electrons. The van der Waals surface area contributed by atoms with Gasteiger partial charge in [0.1, 0.15) is 5.78 Å². The van der Waals surface area contributed by atoms with E-state index in [4.69, 9.17) is 9.31 Å².